The van der Waals surface area contributed by atoms with Crippen molar-refractivity contribution >= 4 is 24.1 Å². The van der Waals surface area contributed by atoms with E-state index in [4.69, 9.17) is 23.7 Å². The Morgan fingerprint density at radius 2 is 1.32 bits per heavy atom. The van der Waals surface area contributed by atoms with Crippen LogP contribution in [0.2, 0.25) is 0 Å². The number of unbranched alkanes of at least 4 members (excludes halogenated alkanes) is 3. The van der Waals surface area contributed by atoms with Gasteiger partial charge in [0.25, 0.3) is 0 Å². The number of para-hydroxylation sites is 1. The average molecular weight is 521 g/mol. The van der Waals surface area contributed by atoms with Crippen LogP contribution in [0.5, 0.6) is 5.75 Å². The molecule has 0 aliphatic heterocycles. The minimum absolute atomic E-state index is 0.00996. The second kappa shape index (κ2) is 19.2. The van der Waals surface area contributed by atoms with Gasteiger partial charge in [0.2, 0.25) is 0 Å². The number of carbonyl (C=O) groups excluding carboxylic acids is 4. The monoisotopic (exact) mass is 520 g/mol. The van der Waals surface area contributed by atoms with Gasteiger partial charge in [-0.05, 0) is 31.9 Å². The van der Waals surface area contributed by atoms with E-state index < -0.39 is 36.3 Å². The van der Waals surface area contributed by atoms with Gasteiger partial charge in [0.15, 0.2) is 6.10 Å². The van der Waals surface area contributed by atoms with Crippen molar-refractivity contribution in [2.45, 2.75) is 44.8 Å². The van der Waals surface area contributed by atoms with Crippen molar-refractivity contribution in [2.24, 2.45) is 0 Å². The normalized spacial score (nSPS) is 11.7. The highest BCUT2D eigenvalue weighted by molar-refractivity contribution is 5.81. The molecule has 2 atom stereocenters. The number of nitrogens with one attached hydrogen (secondary N) is 2. The van der Waals surface area contributed by atoms with Crippen molar-refractivity contribution in [3.8, 4) is 5.75 Å². The second-order valence-corrected chi connectivity index (χ2v) is 7.80. The van der Waals surface area contributed by atoms with E-state index in [2.05, 4.69) is 23.8 Å². The van der Waals surface area contributed by atoms with Crippen molar-refractivity contribution in [2.75, 3.05) is 32.9 Å². The summed E-state index contributed by atoms with van der Waals surface area (Å²) in [5.74, 6) is -0.609. The molecule has 2 N–H and O–H groups in total. The highest BCUT2D eigenvalue weighted by atomic mass is 16.6. The fraction of sp³-hybridized carbons (Fsp3) is 0.462. The number of rotatable bonds is 18. The van der Waals surface area contributed by atoms with Gasteiger partial charge < -0.3 is 34.3 Å². The summed E-state index contributed by atoms with van der Waals surface area (Å²) in [5.41, 5.74) is 0. The summed E-state index contributed by atoms with van der Waals surface area (Å²) >= 11 is 0. The SMILES string of the molecule is C=CC(=O)OCC(C)OC(=O)NCCCCCCNC(=O)OC(COC(=O)C=C)COc1ccccc1. The molecule has 11 heteroatoms. The number of alkyl carbamates (subject to hydrolysis) is 2. The molecule has 2 amide bonds. The van der Waals surface area contributed by atoms with Gasteiger partial charge in [0.05, 0.1) is 0 Å². The molecule has 204 valence electrons. The van der Waals surface area contributed by atoms with Crippen molar-refractivity contribution in [1.82, 2.24) is 10.6 Å². The topological polar surface area (TPSA) is 138 Å². The van der Waals surface area contributed by atoms with Gasteiger partial charge in [0.1, 0.15) is 31.7 Å². The molecule has 0 saturated heterocycles. The molecule has 1 rings (SSSR count). The summed E-state index contributed by atoms with van der Waals surface area (Å²) in [7, 11) is 0. The first kappa shape index (κ1) is 31.0. The third-order valence-electron chi connectivity index (χ3n) is 4.61. The molecule has 0 fully saturated rings. The smallest absolute Gasteiger partial charge is 0.407 e. The van der Waals surface area contributed by atoms with Crippen molar-refractivity contribution < 1.29 is 42.9 Å². The van der Waals surface area contributed by atoms with Crippen LogP contribution >= 0.6 is 0 Å². The molecule has 1 aromatic carbocycles. The number of carbonyl (C=O) groups is 4. The molecule has 0 saturated carbocycles. The van der Waals surface area contributed by atoms with Gasteiger partial charge in [-0.2, -0.15) is 0 Å². The van der Waals surface area contributed by atoms with Crippen LogP contribution in [0.15, 0.2) is 55.6 Å². The maximum absolute atomic E-state index is 12.1. The summed E-state index contributed by atoms with van der Waals surface area (Å²) in [6.07, 6.45) is 2.54. The third kappa shape index (κ3) is 16.3. The van der Waals surface area contributed by atoms with Crippen LogP contribution < -0.4 is 15.4 Å². The number of esters is 2. The summed E-state index contributed by atoms with van der Waals surface area (Å²) in [4.78, 5) is 46.2. The lowest BCUT2D eigenvalue weighted by atomic mass is 10.2. The van der Waals surface area contributed by atoms with E-state index in [1.807, 2.05) is 18.2 Å². The van der Waals surface area contributed by atoms with Crippen LogP contribution in [0, 0.1) is 0 Å². The minimum Gasteiger partial charge on any atom is -0.490 e. The molecule has 0 aliphatic carbocycles. The Labute approximate surface area is 217 Å². The lowest BCUT2D eigenvalue weighted by Crippen LogP contribution is -2.35. The van der Waals surface area contributed by atoms with E-state index in [9.17, 15) is 19.2 Å². The molecule has 0 radical (unpaired) electrons. The first-order valence-corrected chi connectivity index (χ1v) is 12.0. The first-order chi connectivity index (χ1) is 17.8. The summed E-state index contributed by atoms with van der Waals surface area (Å²) in [5, 5.41) is 5.29. The number of amides is 2. The molecule has 2 unspecified atom stereocenters. The molecule has 0 aliphatic rings. The Balaban J connectivity index is 2.17. The molecule has 0 bridgehead atoms. The molecule has 0 aromatic heterocycles. The molecule has 1 aromatic rings. The summed E-state index contributed by atoms with van der Waals surface area (Å²) < 4.78 is 25.8. The van der Waals surface area contributed by atoms with Crippen LogP contribution in [-0.2, 0) is 28.5 Å². The van der Waals surface area contributed by atoms with Gasteiger partial charge in [-0.25, -0.2) is 19.2 Å². The largest absolute Gasteiger partial charge is 0.490 e. The molecular formula is C26H36N2O9. The van der Waals surface area contributed by atoms with Gasteiger partial charge in [0, 0.05) is 25.2 Å². The second-order valence-electron chi connectivity index (χ2n) is 7.80. The van der Waals surface area contributed by atoms with Gasteiger partial charge >= 0.3 is 24.1 Å². The minimum atomic E-state index is -0.799. The first-order valence-electron chi connectivity index (χ1n) is 12.0. The van der Waals surface area contributed by atoms with E-state index in [1.54, 1.807) is 19.1 Å². The van der Waals surface area contributed by atoms with Crippen LogP contribution in [0.1, 0.15) is 32.6 Å². The van der Waals surface area contributed by atoms with Crippen molar-refractivity contribution in [3.05, 3.63) is 55.6 Å². The van der Waals surface area contributed by atoms with E-state index in [0.29, 0.717) is 25.3 Å². The summed E-state index contributed by atoms with van der Waals surface area (Å²) in [6, 6.07) is 8.99. The molecule has 11 nitrogen and oxygen atoms in total. The predicted molar refractivity (Wildman–Crippen MR) is 135 cm³/mol. The van der Waals surface area contributed by atoms with Gasteiger partial charge in [-0.15, -0.1) is 0 Å². The number of hydrogen-bond donors (Lipinski definition) is 2. The van der Waals surface area contributed by atoms with Crippen LogP contribution in [-0.4, -0.2) is 69.2 Å². The zero-order valence-electron chi connectivity index (χ0n) is 21.1. The maximum Gasteiger partial charge on any atom is 0.407 e. The summed E-state index contributed by atoms with van der Waals surface area (Å²) in [6.45, 7) is 8.85. The molecule has 0 heterocycles. The third-order valence-corrected chi connectivity index (χ3v) is 4.61. The van der Waals surface area contributed by atoms with E-state index >= 15 is 0 Å². The van der Waals surface area contributed by atoms with E-state index in [0.717, 1.165) is 31.4 Å². The lowest BCUT2D eigenvalue weighted by molar-refractivity contribution is -0.141. The zero-order valence-corrected chi connectivity index (χ0v) is 21.1. The Morgan fingerprint density at radius 1 is 0.784 bits per heavy atom. The predicted octanol–water partition coefficient (Wildman–Crippen LogP) is 3.29. The van der Waals surface area contributed by atoms with E-state index in [1.165, 1.54) is 0 Å². The number of hydrogen-bond acceptors (Lipinski definition) is 9. The Bertz CT molecular complexity index is 861. The van der Waals surface area contributed by atoms with E-state index in [-0.39, 0.29) is 19.8 Å². The fourth-order valence-corrected chi connectivity index (χ4v) is 2.75. The Hall–Kier alpha value is -4.02. The van der Waals surface area contributed by atoms with Crippen molar-refractivity contribution in [1.29, 1.82) is 0 Å². The average Bonchev–Trinajstić information content (AvgIpc) is 2.90. The van der Waals surface area contributed by atoms with Crippen molar-refractivity contribution in [3.63, 3.8) is 0 Å². The number of ether oxygens (including phenoxy) is 5. The maximum atomic E-state index is 12.1. The van der Waals surface area contributed by atoms with Crippen LogP contribution in [0.4, 0.5) is 9.59 Å². The molecule has 0 spiro atoms. The molecule has 37 heavy (non-hydrogen) atoms. The quantitative estimate of drug-likeness (QED) is 0.129. The highest BCUT2D eigenvalue weighted by Gasteiger charge is 2.17. The standard InChI is InChI=1S/C26H36N2O9/c1-4-23(29)34-17-20(3)36-25(31)27-15-11-6-7-12-16-28-26(32)37-22(19-35-24(30)5-2)18-33-21-13-9-8-10-14-21/h4-5,8-10,13-14,20,22H,1-2,6-7,11-12,15-19H2,3H3,(H,27,31)(H,28,32). The van der Waals surface area contributed by atoms with Crippen LogP contribution in [0.3, 0.4) is 0 Å². The van der Waals surface area contributed by atoms with Gasteiger partial charge in [-0.1, -0.05) is 44.2 Å². The number of benzene rings is 1. The van der Waals surface area contributed by atoms with Crippen LogP contribution in [0.25, 0.3) is 0 Å². The Kier molecular flexibility index (Phi) is 16.1. The molecular weight excluding hydrogens is 484 g/mol. The lowest BCUT2D eigenvalue weighted by Gasteiger charge is -2.18. The fourth-order valence-electron chi connectivity index (χ4n) is 2.75. The van der Waals surface area contributed by atoms with Gasteiger partial charge in [-0.3, -0.25) is 0 Å². The Morgan fingerprint density at radius 3 is 1.89 bits per heavy atom. The highest BCUT2D eigenvalue weighted by Crippen LogP contribution is 2.10. The zero-order chi connectivity index (χ0) is 27.3.